The molecule has 0 amide bonds. The van der Waals surface area contributed by atoms with Gasteiger partial charge < -0.3 is 0 Å². The van der Waals surface area contributed by atoms with Gasteiger partial charge in [-0.15, -0.1) is 0 Å². The number of hydrogen-bond donors (Lipinski definition) is 0. The molecule has 3 heterocycles. The minimum atomic E-state index is -2.05. The molecule has 1 aromatic heterocycles. The second-order valence-corrected chi connectivity index (χ2v) is 11.0. The van der Waals surface area contributed by atoms with Crippen LogP contribution in [0.3, 0.4) is 0 Å². The van der Waals surface area contributed by atoms with Crippen LogP contribution in [0, 0.1) is 75.8 Å². The highest BCUT2D eigenvalue weighted by atomic mass is 19.2. The normalized spacial score (nSPS) is 14.4. The van der Waals surface area contributed by atoms with E-state index >= 15 is 0 Å². The summed E-state index contributed by atoms with van der Waals surface area (Å²) in [7, 11) is 0. The van der Waals surface area contributed by atoms with Crippen molar-refractivity contribution in [3.63, 3.8) is 0 Å². The molecule has 2 aliphatic rings. The zero-order valence-corrected chi connectivity index (χ0v) is 26.0. The Kier molecular flexibility index (Phi) is 8.11. The van der Waals surface area contributed by atoms with Gasteiger partial charge in [0.25, 0.3) is 5.69 Å². The summed E-state index contributed by atoms with van der Waals surface area (Å²) in [4.78, 5) is 31.7. The molecule has 0 saturated heterocycles. The largest absolute Gasteiger partial charge is 0.262 e. The fraction of sp³-hybridized carbons (Fsp3) is 0.0286. The molecule has 2 aliphatic heterocycles. The number of nitriles is 2. The number of hydrogen-bond acceptors (Lipinski definition) is 9. The molecule has 5 aromatic rings. The van der Waals surface area contributed by atoms with Gasteiger partial charge in [0.05, 0.1) is 28.4 Å². The summed E-state index contributed by atoms with van der Waals surface area (Å²) >= 11 is 0. The van der Waals surface area contributed by atoms with Crippen LogP contribution < -0.4 is 21.4 Å². The Bertz CT molecular complexity index is 2940. The fourth-order valence-corrected chi connectivity index (χ4v) is 5.33. The number of rotatable bonds is 4. The molecule has 0 fully saturated rings. The van der Waals surface area contributed by atoms with Crippen LogP contribution >= 0.6 is 0 Å². The van der Waals surface area contributed by atoms with Crippen molar-refractivity contribution in [2.75, 3.05) is 0 Å². The standard InChI is InChI=1S/C35H10F8N10/c1-12(31-48-22-9-16(38)8-20(39)29(22)50-31)32-51-33(13-5-14(36)7-15(37)6-13)53-34(52-32)17-3-4-21-28(18(17)10-44)49-35(47-21)19(11-45)23-24(40)26(42)30(46-2)27(43)25(23)41/h3-9H,1H3/b31-12-,35-19+. The molecule has 4 aromatic carbocycles. The lowest BCUT2D eigenvalue weighted by Gasteiger charge is -2.10. The SMILES string of the molecule is [C-]#[N+]c1c(F)c(F)c(/C(C#N)=C2\N=c3ccc(-c4nc(/C(C)=C5/N=c6cc(F)cc(F)c6=N5)nc(-c5cc(F)cc(F)c5)n4)c(C#N)c3=N2)c(F)c1F. The van der Waals surface area contributed by atoms with Crippen molar-refractivity contribution in [3.8, 4) is 34.9 Å². The van der Waals surface area contributed by atoms with Crippen LogP contribution in [-0.4, -0.2) is 15.0 Å². The predicted octanol–water partition coefficient (Wildman–Crippen LogP) is 5.53. The van der Waals surface area contributed by atoms with Gasteiger partial charge in [-0.05, 0) is 31.2 Å². The van der Waals surface area contributed by atoms with E-state index in [4.69, 9.17) is 6.57 Å². The first kappa shape index (κ1) is 34.0. The van der Waals surface area contributed by atoms with E-state index in [1.165, 1.54) is 25.1 Å². The van der Waals surface area contributed by atoms with Gasteiger partial charge in [-0.1, -0.05) is 0 Å². The van der Waals surface area contributed by atoms with Crippen LogP contribution in [0.15, 0.2) is 74.1 Å². The van der Waals surface area contributed by atoms with Crippen molar-refractivity contribution in [2.45, 2.75) is 6.92 Å². The molecule has 0 aliphatic carbocycles. The van der Waals surface area contributed by atoms with Gasteiger partial charge in [-0.2, -0.15) is 10.5 Å². The minimum absolute atomic E-state index is 0.0544. The van der Waals surface area contributed by atoms with E-state index in [-0.39, 0.29) is 67.0 Å². The van der Waals surface area contributed by atoms with Gasteiger partial charge in [0.2, 0.25) is 0 Å². The van der Waals surface area contributed by atoms with Crippen molar-refractivity contribution >= 4 is 16.8 Å². The van der Waals surface area contributed by atoms with Crippen molar-refractivity contribution < 1.29 is 35.1 Å². The number of fused-ring (bicyclic) bond motifs is 2. The Balaban J connectivity index is 1.46. The van der Waals surface area contributed by atoms with E-state index < -0.39 is 69.2 Å². The van der Waals surface area contributed by atoms with Crippen molar-refractivity contribution in [3.05, 3.63) is 150 Å². The van der Waals surface area contributed by atoms with Crippen LogP contribution in [0.4, 0.5) is 40.8 Å². The lowest BCUT2D eigenvalue weighted by molar-refractivity contribution is 0.457. The molecule has 256 valence electrons. The zero-order valence-electron chi connectivity index (χ0n) is 26.0. The monoisotopic (exact) mass is 722 g/mol. The summed E-state index contributed by atoms with van der Waals surface area (Å²) in [6.07, 6.45) is 0. The highest BCUT2D eigenvalue weighted by Gasteiger charge is 2.30. The molecule has 0 unspecified atom stereocenters. The molecule has 0 N–H and O–H groups in total. The lowest BCUT2D eigenvalue weighted by atomic mass is 10.0. The summed E-state index contributed by atoms with van der Waals surface area (Å²) in [5.41, 5.74) is -4.73. The van der Waals surface area contributed by atoms with Crippen molar-refractivity contribution in [1.82, 2.24) is 15.0 Å². The smallest absolute Gasteiger partial charge is 0.232 e. The first-order valence-electron chi connectivity index (χ1n) is 14.6. The van der Waals surface area contributed by atoms with Gasteiger partial charge >= 0.3 is 0 Å². The molecule has 0 saturated carbocycles. The molecule has 53 heavy (non-hydrogen) atoms. The Morgan fingerprint density at radius 1 is 0.679 bits per heavy atom. The maximum absolute atomic E-state index is 14.9. The molecular weight excluding hydrogens is 712 g/mol. The zero-order chi connectivity index (χ0) is 37.9. The number of halogens is 8. The van der Waals surface area contributed by atoms with Gasteiger partial charge in [0, 0.05) is 34.9 Å². The van der Waals surface area contributed by atoms with E-state index in [0.29, 0.717) is 12.1 Å². The van der Waals surface area contributed by atoms with Crippen molar-refractivity contribution in [2.24, 2.45) is 20.0 Å². The number of allylic oxidation sites excluding steroid dienone is 2. The topological polar surface area (TPSA) is 140 Å². The fourth-order valence-electron chi connectivity index (χ4n) is 5.33. The molecular formula is C35H10F8N10. The van der Waals surface area contributed by atoms with Crippen molar-refractivity contribution in [1.29, 1.82) is 10.5 Å². The molecule has 0 atom stereocenters. The van der Waals surface area contributed by atoms with Crippen LogP contribution in [0.1, 0.15) is 23.9 Å². The van der Waals surface area contributed by atoms with E-state index in [1.54, 1.807) is 0 Å². The Hall–Kier alpha value is -7.52. The summed E-state index contributed by atoms with van der Waals surface area (Å²) in [6.45, 7) is 8.23. The highest BCUT2D eigenvalue weighted by molar-refractivity contribution is 5.81. The highest BCUT2D eigenvalue weighted by Crippen LogP contribution is 2.35. The molecule has 10 nitrogen and oxygen atoms in total. The summed E-state index contributed by atoms with van der Waals surface area (Å²) in [5.74, 6) is -13.9. The summed E-state index contributed by atoms with van der Waals surface area (Å²) in [5, 5.41) is 19.2. The third-order valence-electron chi connectivity index (χ3n) is 7.77. The number of aromatic nitrogens is 3. The lowest BCUT2D eigenvalue weighted by Crippen LogP contribution is -2.25. The Labute approximate surface area is 289 Å². The third kappa shape index (κ3) is 5.62. The van der Waals surface area contributed by atoms with Crippen LogP contribution in [0.5, 0.6) is 0 Å². The van der Waals surface area contributed by atoms with Crippen LogP contribution in [0.2, 0.25) is 0 Å². The minimum Gasteiger partial charge on any atom is -0.232 e. The number of nitrogens with zero attached hydrogens (tertiary/aromatic N) is 10. The number of benzene rings is 4. The maximum atomic E-state index is 14.9. The Morgan fingerprint density at radius 3 is 1.94 bits per heavy atom. The maximum Gasteiger partial charge on any atom is 0.262 e. The first-order chi connectivity index (χ1) is 25.3. The Morgan fingerprint density at radius 2 is 1.30 bits per heavy atom. The molecule has 0 spiro atoms. The van der Waals surface area contributed by atoms with Gasteiger partial charge in [0.15, 0.2) is 58.2 Å². The predicted molar refractivity (Wildman–Crippen MR) is 164 cm³/mol. The molecule has 0 radical (unpaired) electrons. The van der Waals surface area contributed by atoms with Gasteiger partial charge in [0.1, 0.15) is 45.9 Å². The summed E-state index contributed by atoms with van der Waals surface area (Å²) < 4.78 is 116. The first-order valence-corrected chi connectivity index (χ1v) is 14.6. The molecule has 0 bridgehead atoms. The van der Waals surface area contributed by atoms with Gasteiger partial charge in [-0.3, -0.25) is 0 Å². The van der Waals surface area contributed by atoms with E-state index in [2.05, 4.69) is 39.8 Å². The van der Waals surface area contributed by atoms with Gasteiger partial charge in [-0.25, -0.2) is 74.9 Å². The second-order valence-electron chi connectivity index (χ2n) is 11.0. The third-order valence-corrected chi connectivity index (χ3v) is 7.77. The molecule has 18 heteroatoms. The summed E-state index contributed by atoms with van der Waals surface area (Å²) in [6, 6.07) is 9.72. The van der Waals surface area contributed by atoms with Crippen LogP contribution in [-0.2, 0) is 0 Å². The van der Waals surface area contributed by atoms with E-state index in [0.717, 1.165) is 18.2 Å². The van der Waals surface area contributed by atoms with E-state index in [1.807, 2.05) is 6.07 Å². The average Bonchev–Trinajstić information content (AvgIpc) is 3.76. The average molecular weight is 723 g/mol. The van der Waals surface area contributed by atoms with Crippen LogP contribution in [0.25, 0.3) is 38.8 Å². The molecule has 7 rings (SSSR count). The second kappa shape index (κ2) is 12.7. The van der Waals surface area contributed by atoms with E-state index in [9.17, 15) is 45.6 Å². The quantitative estimate of drug-likeness (QED) is 0.104.